The number of benzene rings is 2. The molecule has 30 heavy (non-hydrogen) atoms. The van der Waals surface area contributed by atoms with Crippen molar-refractivity contribution in [1.29, 1.82) is 5.26 Å². The minimum Gasteiger partial charge on any atom is -0.391 e. The average molecular weight is 405 g/mol. The zero-order valence-electron chi connectivity index (χ0n) is 17.2. The molecule has 2 unspecified atom stereocenters. The first-order valence-corrected chi connectivity index (χ1v) is 10.3. The van der Waals surface area contributed by atoms with Gasteiger partial charge in [0.05, 0.1) is 41.0 Å². The second-order valence-electron chi connectivity index (χ2n) is 8.15. The van der Waals surface area contributed by atoms with Gasteiger partial charge in [-0.3, -0.25) is 9.36 Å². The summed E-state index contributed by atoms with van der Waals surface area (Å²) in [5, 5.41) is 20.3. The lowest BCUT2D eigenvalue weighted by Crippen LogP contribution is -2.34. The van der Waals surface area contributed by atoms with Crippen molar-refractivity contribution in [2.45, 2.75) is 58.1 Å². The van der Waals surface area contributed by atoms with Crippen molar-refractivity contribution in [2.75, 3.05) is 0 Å². The van der Waals surface area contributed by atoms with Gasteiger partial charge in [-0.25, -0.2) is 9.37 Å². The zero-order chi connectivity index (χ0) is 21.4. The maximum Gasteiger partial charge on any atom is 0.261 e. The lowest BCUT2D eigenvalue weighted by molar-refractivity contribution is 0.0735. The summed E-state index contributed by atoms with van der Waals surface area (Å²) in [6.07, 6.45) is 4.73. The predicted molar refractivity (Wildman–Crippen MR) is 113 cm³/mol. The molecule has 6 heteroatoms. The Morgan fingerprint density at radius 1 is 1.20 bits per heavy atom. The molecule has 3 aromatic rings. The van der Waals surface area contributed by atoms with E-state index in [4.69, 9.17) is 0 Å². The largest absolute Gasteiger partial charge is 0.391 e. The van der Waals surface area contributed by atoms with Crippen LogP contribution < -0.4 is 5.56 Å². The normalized spacial score (nSPS) is 19.0. The third kappa shape index (κ3) is 3.50. The highest BCUT2D eigenvalue weighted by molar-refractivity contribution is 5.83. The predicted octanol–water partition coefficient (Wildman–Crippen LogP) is 4.09. The molecular formula is C24H24FN3O2. The smallest absolute Gasteiger partial charge is 0.261 e. The van der Waals surface area contributed by atoms with Gasteiger partial charge in [0.25, 0.3) is 5.56 Å². The van der Waals surface area contributed by atoms with Gasteiger partial charge in [-0.05, 0) is 79.6 Å². The number of fused-ring (bicyclic) bond motifs is 1. The van der Waals surface area contributed by atoms with Gasteiger partial charge in [0.1, 0.15) is 5.82 Å². The Hall–Kier alpha value is -3.04. The van der Waals surface area contributed by atoms with E-state index in [0.29, 0.717) is 34.9 Å². The van der Waals surface area contributed by atoms with E-state index in [1.54, 1.807) is 10.9 Å². The average Bonchev–Trinajstić information content (AvgIpc) is 2.73. The first kappa shape index (κ1) is 20.2. The van der Waals surface area contributed by atoms with E-state index in [1.807, 2.05) is 19.9 Å². The number of nitriles is 1. The SMILES string of the molecule is Cc1c(Cc2cc(F)ccc2C#N)cc2c(=O)n(C3CCCCC3O)cnc2c1C. The molecule has 0 radical (unpaired) electrons. The van der Waals surface area contributed by atoms with Crippen LogP contribution in [0, 0.1) is 31.0 Å². The molecule has 1 aliphatic rings. The van der Waals surface area contributed by atoms with Crippen molar-refractivity contribution in [3.8, 4) is 6.07 Å². The van der Waals surface area contributed by atoms with E-state index in [9.17, 15) is 19.6 Å². The fourth-order valence-electron chi connectivity index (χ4n) is 4.47. The van der Waals surface area contributed by atoms with Gasteiger partial charge < -0.3 is 5.11 Å². The Bertz CT molecular complexity index is 1230. The van der Waals surface area contributed by atoms with Crippen LogP contribution in [-0.4, -0.2) is 20.8 Å². The highest BCUT2D eigenvalue weighted by atomic mass is 19.1. The van der Waals surface area contributed by atoms with Crippen LogP contribution in [0.5, 0.6) is 0 Å². The summed E-state index contributed by atoms with van der Waals surface area (Å²) in [6, 6.07) is 7.79. The van der Waals surface area contributed by atoms with Gasteiger partial charge in [-0.2, -0.15) is 5.26 Å². The summed E-state index contributed by atoms with van der Waals surface area (Å²) < 4.78 is 15.3. The summed E-state index contributed by atoms with van der Waals surface area (Å²) in [5.41, 5.74) is 4.21. The molecule has 0 saturated heterocycles. The number of hydrogen-bond acceptors (Lipinski definition) is 4. The number of halogens is 1. The molecule has 1 aromatic heterocycles. The third-order valence-electron chi connectivity index (χ3n) is 6.37. The van der Waals surface area contributed by atoms with Crippen LogP contribution in [0.2, 0.25) is 0 Å². The second kappa shape index (κ2) is 8.00. The molecule has 0 amide bonds. The second-order valence-corrected chi connectivity index (χ2v) is 8.15. The highest BCUT2D eigenvalue weighted by Crippen LogP contribution is 2.29. The molecule has 1 N–H and O–H groups in total. The molecule has 0 bridgehead atoms. The number of nitrogens with zero attached hydrogens (tertiary/aromatic N) is 3. The molecule has 154 valence electrons. The van der Waals surface area contributed by atoms with Crippen LogP contribution in [-0.2, 0) is 6.42 Å². The Labute approximate surface area is 174 Å². The van der Waals surface area contributed by atoms with Crippen LogP contribution in [0.15, 0.2) is 35.4 Å². The molecule has 2 atom stereocenters. The first-order chi connectivity index (χ1) is 14.4. The molecule has 0 aliphatic heterocycles. The van der Waals surface area contributed by atoms with Gasteiger partial charge in [0.15, 0.2) is 0 Å². The Balaban J connectivity index is 1.85. The summed E-state index contributed by atoms with van der Waals surface area (Å²) in [4.78, 5) is 17.9. The minimum atomic E-state index is -0.549. The van der Waals surface area contributed by atoms with E-state index in [-0.39, 0.29) is 11.6 Å². The van der Waals surface area contributed by atoms with E-state index in [2.05, 4.69) is 11.1 Å². The van der Waals surface area contributed by atoms with E-state index >= 15 is 0 Å². The number of aryl methyl sites for hydroxylation is 1. The molecular weight excluding hydrogens is 381 g/mol. The quantitative estimate of drug-likeness (QED) is 0.712. The minimum absolute atomic E-state index is 0.171. The maximum absolute atomic E-state index is 13.8. The fraction of sp³-hybridized carbons (Fsp3) is 0.375. The molecule has 4 rings (SSSR count). The van der Waals surface area contributed by atoms with Crippen molar-refractivity contribution >= 4 is 10.9 Å². The van der Waals surface area contributed by atoms with Gasteiger partial charge in [-0.1, -0.05) is 12.8 Å². The van der Waals surface area contributed by atoms with Crippen molar-refractivity contribution in [2.24, 2.45) is 0 Å². The van der Waals surface area contributed by atoms with E-state index < -0.39 is 11.9 Å². The number of aliphatic hydroxyl groups excluding tert-OH is 1. The van der Waals surface area contributed by atoms with Gasteiger partial charge in [0, 0.05) is 0 Å². The number of rotatable bonds is 3. The first-order valence-electron chi connectivity index (χ1n) is 10.3. The summed E-state index contributed by atoms with van der Waals surface area (Å²) in [6.45, 7) is 3.87. The number of hydrogen-bond donors (Lipinski definition) is 1. The molecule has 1 heterocycles. The van der Waals surface area contributed by atoms with E-state index in [0.717, 1.165) is 36.0 Å². The van der Waals surface area contributed by atoms with Crippen molar-refractivity contribution < 1.29 is 9.50 Å². The summed E-state index contributed by atoms with van der Waals surface area (Å²) in [7, 11) is 0. The van der Waals surface area contributed by atoms with Crippen LogP contribution in [0.4, 0.5) is 4.39 Å². The Morgan fingerprint density at radius 2 is 1.97 bits per heavy atom. The number of aliphatic hydroxyl groups is 1. The van der Waals surface area contributed by atoms with Crippen LogP contribution in [0.25, 0.3) is 10.9 Å². The number of aromatic nitrogens is 2. The molecule has 1 saturated carbocycles. The van der Waals surface area contributed by atoms with Gasteiger partial charge in [-0.15, -0.1) is 0 Å². The molecule has 1 fully saturated rings. The maximum atomic E-state index is 13.8. The lowest BCUT2D eigenvalue weighted by Gasteiger charge is -2.29. The van der Waals surface area contributed by atoms with Crippen LogP contribution in [0.3, 0.4) is 0 Å². The monoisotopic (exact) mass is 405 g/mol. The molecule has 0 spiro atoms. The van der Waals surface area contributed by atoms with Crippen molar-refractivity contribution in [3.63, 3.8) is 0 Å². The third-order valence-corrected chi connectivity index (χ3v) is 6.37. The van der Waals surface area contributed by atoms with Gasteiger partial charge in [0.2, 0.25) is 0 Å². The topological polar surface area (TPSA) is 78.9 Å². The summed E-state index contributed by atoms with van der Waals surface area (Å²) in [5.74, 6) is -0.394. The summed E-state index contributed by atoms with van der Waals surface area (Å²) >= 11 is 0. The zero-order valence-corrected chi connectivity index (χ0v) is 17.2. The lowest BCUT2D eigenvalue weighted by atomic mass is 9.91. The Morgan fingerprint density at radius 3 is 2.70 bits per heavy atom. The fourth-order valence-corrected chi connectivity index (χ4v) is 4.47. The van der Waals surface area contributed by atoms with Crippen LogP contribution in [0.1, 0.15) is 59.5 Å². The van der Waals surface area contributed by atoms with E-state index in [1.165, 1.54) is 18.2 Å². The van der Waals surface area contributed by atoms with Crippen LogP contribution >= 0.6 is 0 Å². The standard InChI is InChI=1S/C24H24FN3O2/c1-14-15(2)23-20(11-17(14)9-18-10-19(25)8-7-16(18)12-26)24(30)28(13-27-23)21-5-3-4-6-22(21)29/h7-8,10-11,13,21-22,29H,3-6,9H2,1-2H3. The highest BCUT2D eigenvalue weighted by Gasteiger charge is 2.26. The van der Waals surface area contributed by atoms with Crippen molar-refractivity contribution in [3.05, 3.63) is 74.6 Å². The molecule has 5 nitrogen and oxygen atoms in total. The van der Waals surface area contributed by atoms with Gasteiger partial charge >= 0.3 is 0 Å². The van der Waals surface area contributed by atoms with Crippen molar-refractivity contribution in [1.82, 2.24) is 9.55 Å². The molecule has 2 aromatic carbocycles. The Kier molecular flexibility index (Phi) is 5.40. The molecule has 1 aliphatic carbocycles.